The average molecular weight is 309 g/mol. The van der Waals surface area contributed by atoms with Crippen molar-refractivity contribution >= 4 is 11.6 Å². The first-order valence-electron chi connectivity index (χ1n) is 7.52. The second-order valence-corrected chi connectivity index (χ2v) is 5.44. The lowest BCUT2D eigenvalue weighted by Gasteiger charge is -2.05. The number of hydrogen-bond donors (Lipinski definition) is 1. The van der Waals surface area contributed by atoms with Crippen molar-refractivity contribution in [2.24, 2.45) is 0 Å². The van der Waals surface area contributed by atoms with Crippen LogP contribution < -0.4 is 10.1 Å². The molecule has 0 saturated carbocycles. The lowest BCUT2D eigenvalue weighted by molar-refractivity contribution is 0.0954. The van der Waals surface area contributed by atoms with E-state index in [0.29, 0.717) is 18.5 Å². The highest BCUT2D eigenvalue weighted by Crippen LogP contribution is 2.11. The van der Waals surface area contributed by atoms with Crippen molar-refractivity contribution in [2.45, 2.75) is 13.3 Å². The quantitative estimate of drug-likeness (QED) is 0.788. The van der Waals surface area contributed by atoms with Crippen molar-refractivity contribution in [3.05, 3.63) is 65.6 Å². The fraction of sp³-hybridized carbons (Fsp3) is 0.222. The van der Waals surface area contributed by atoms with E-state index in [2.05, 4.69) is 10.3 Å². The highest BCUT2D eigenvalue weighted by atomic mass is 16.5. The molecule has 0 radical (unpaired) electrons. The monoisotopic (exact) mass is 309 g/mol. The van der Waals surface area contributed by atoms with Gasteiger partial charge in [-0.05, 0) is 42.8 Å². The summed E-state index contributed by atoms with van der Waals surface area (Å²) in [5, 5.41) is 2.91. The Morgan fingerprint density at radius 2 is 1.96 bits per heavy atom. The number of fused-ring (bicyclic) bond motifs is 1. The molecule has 0 spiro atoms. The lowest BCUT2D eigenvalue weighted by atomic mass is 10.2. The SMILES string of the molecule is COc1ccc(C(=O)NCCc2cn3cc(C)ccc3n2)cc1. The number of nitrogens with one attached hydrogen (secondary N) is 1. The first-order chi connectivity index (χ1) is 11.2. The number of carbonyl (C=O) groups is 1. The van der Waals surface area contributed by atoms with Gasteiger partial charge in [0.1, 0.15) is 11.4 Å². The van der Waals surface area contributed by atoms with Gasteiger partial charge in [0.15, 0.2) is 0 Å². The summed E-state index contributed by atoms with van der Waals surface area (Å²) in [6.07, 6.45) is 4.74. The van der Waals surface area contributed by atoms with Crippen molar-refractivity contribution in [1.82, 2.24) is 14.7 Å². The fourth-order valence-corrected chi connectivity index (χ4v) is 2.42. The van der Waals surface area contributed by atoms with Crippen LogP contribution >= 0.6 is 0 Å². The Kier molecular flexibility index (Phi) is 4.28. The molecule has 1 amide bonds. The predicted molar refractivity (Wildman–Crippen MR) is 89.0 cm³/mol. The van der Waals surface area contributed by atoms with E-state index in [9.17, 15) is 4.79 Å². The van der Waals surface area contributed by atoms with E-state index in [-0.39, 0.29) is 5.91 Å². The largest absolute Gasteiger partial charge is 0.497 e. The number of hydrogen-bond acceptors (Lipinski definition) is 3. The molecule has 1 N–H and O–H groups in total. The predicted octanol–water partition coefficient (Wildman–Crippen LogP) is 2.62. The topological polar surface area (TPSA) is 55.6 Å². The number of ether oxygens (including phenoxy) is 1. The average Bonchev–Trinajstić information content (AvgIpc) is 2.96. The highest BCUT2D eigenvalue weighted by Gasteiger charge is 2.06. The number of methoxy groups -OCH3 is 1. The first-order valence-corrected chi connectivity index (χ1v) is 7.52. The zero-order valence-electron chi connectivity index (χ0n) is 13.2. The number of amides is 1. The van der Waals surface area contributed by atoms with E-state index in [1.54, 1.807) is 31.4 Å². The maximum Gasteiger partial charge on any atom is 0.251 e. The van der Waals surface area contributed by atoms with Crippen molar-refractivity contribution in [1.29, 1.82) is 0 Å². The molecule has 1 aromatic carbocycles. The Bertz CT molecular complexity index is 822. The molecule has 0 aliphatic heterocycles. The summed E-state index contributed by atoms with van der Waals surface area (Å²) in [7, 11) is 1.60. The summed E-state index contributed by atoms with van der Waals surface area (Å²) in [4.78, 5) is 16.6. The summed E-state index contributed by atoms with van der Waals surface area (Å²) in [5.74, 6) is 0.647. The minimum absolute atomic E-state index is 0.0905. The second kappa shape index (κ2) is 6.52. The van der Waals surface area contributed by atoms with Crippen LogP contribution in [0.2, 0.25) is 0 Å². The van der Waals surface area contributed by atoms with E-state index < -0.39 is 0 Å². The molecular formula is C18H19N3O2. The van der Waals surface area contributed by atoms with Gasteiger partial charge >= 0.3 is 0 Å². The number of aryl methyl sites for hydroxylation is 1. The minimum atomic E-state index is -0.0905. The van der Waals surface area contributed by atoms with Gasteiger partial charge in [-0.3, -0.25) is 4.79 Å². The fourth-order valence-electron chi connectivity index (χ4n) is 2.42. The molecule has 0 saturated heterocycles. The first kappa shape index (κ1) is 15.1. The van der Waals surface area contributed by atoms with E-state index in [4.69, 9.17) is 4.74 Å². The van der Waals surface area contributed by atoms with Crippen LogP contribution in [0.25, 0.3) is 5.65 Å². The lowest BCUT2D eigenvalue weighted by Crippen LogP contribution is -2.25. The number of nitrogens with zero attached hydrogens (tertiary/aromatic N) is 2. The number of benzene rings is 1. The molecule has 0 bridgehead atoms. The van der Waals surface area contributed by atoms with Gasteiger partial charge in [-0.25, -0.2) is 4.98 Å². The van der Waals surface area contributed by atoms with Crippen LogP contribution in [-0.4, -0.2) is 28.9 Å². The van der Waals surface area contributed by atoms with Crippen LogP contribution in [0.1, 0.15) is 21.6 Å². The Hall–Kier alpha value is -2.82. The molecule has 0 atom stereocenters. The van der Waals surface area contributed by atoms with Crippen LogP contribution in [0.3, 0.4) is 0 Å². The smallest absolute Gasteiger partial charge is 0.251 e. The molecule has 23 heavy (non-hydrogen) atoms. The summed E-state index contributed by atoms with van der Waals surface area (Å²) in [6.45, 7) is 2.60. The molecule has 3 aromatic rings. The molecule has 0 aliphatic carbocycles. The maximum atomic E-state index is 12.1. The van der Waals surface area contributed by atoms with Gasteiger partial charge in [0.2, 0.25) is 0 Å². The van der Waals surface area contributed by atoms with Gasteiger partial charge in [0.25, 0.3) is 5.91 Å². The molecule has 5 nitrogen and oxygen atoms in total. The van der Waals surface area contributed by atoms with Gasteiger partial charge in [0, 0.05) is 30.9 Å². The second-order valence-electron chi connectivity index (χ2n) is 5.44. The highest BCUT2D eigenvalue weighted by molar-refractivity contribution is 5.94. The zero-order valence-corrected chi connectivity index (χ0v) is 13.2. The third-order valence-electron chi connectivity index (χ3n) is 3.67. The summed E-state index contributed by atoms with van der Waals surface area (Å²) in [6, 6.07) is 11.1. The van der Waals surface area contributed by atoms with E-state index >= 15 is 0 Å². The normalized spacial score (nSPS) is 10.7. The third kappa shape index (κ3) is 3.51. The van der Waals surface area contributed by atoms with Gasteiger partial charge in [-0.15, -0.1) is 0 Å². The van der Waals surface area contributed by atoms with Crippen molar-refractivity contribution < 1.29 is 9.53 Å². The number of aromatic nitrogens is 2. The number of rotatable bonds is 5. The molecule has 118 valence electrons. The summed E-state index contributed by atoms with van der Waals surface area (Å²) >= 11 is 0. The van der Waals surface area contributed by atoms with Gasteiger partial charge in [-0.2, -0.15) is 0 Å². The summed E-state index contributed by atoms with van der Waals surface area (Å²) < 4.78 is 7.09. The standard InChI is InChI=1S/C18H19N3O2/c1-13-3-8-17-20-15(12-21(17)11-13)9-10-19-18(22)14-4-6-16(23-2)7-5-14/h3-8,11-12H,9-10H2,1-2H3,(H,19,22). The Labute approximate surface area is 134 Å². The number of imidazole rings is 1. The molecular weight excluding hydrogens is 290 g/mol. The van der Waals surface area contributed by atoms with Crippen LogP contribution in [0.5, 0.6) is 5.75 Å². The van der Waals surface area contributed by atoms with Crippen LogP contribution in [-0.2, 0) is 6.42 Å². The molecule has 0 fully saturated rings. The third-order valence-corrected chi connectivity index (χ3v) is 3.67. The molecule has 0 unspecified atom stereocenters. The molecule has 2 aromatic heterocycles. The Balaban J connectivity index is 1.58. The van der Waals surface area contributed by atoms with E-state index in [0.717, 1.165) is 17.1 Å². The van der Waals surface area contributed by atoms with Crippen molar-refractivity contribution in [3.8, 4) is 5.75 Å². The van der Waals surface area contributed by atoms with Crippen molar-refractivity contribution in [3.63, 3.8) is 0 Å². The molecule has 0 aliphatic rings. The van der Waals surface area contributed by atoms with Gasteiger partial charge < -0.3 is 14.5 Å². The Morgan fingerprint density at radius 1 is 1.17 bits per heavy atom. The minimum Gasteiger partial charge on any atom is -0.497 e. The molecule has 3 rings (SSSR count). The summed E-state index contributed by atoms with van der Waals surface area (Å²) in [5.41, 5.74) is 3.70. The maximum absolute atomic E-state index is 12.1. The number of carbonyl (C=O) groups excluding carboxylic acids is 1. The van der Waals surface area contributed by atoms with E-state index in [1.807, 2.05) is 35.9 Å². The molecule has 5 heteroatoms. The van der Waals surface area contributed by atoms with E-state index in [1.165, 1.54) is 5.56 Å². The Morgan fingerprint density at radius 3 is 2.70 bits per heavy atom. The van der Waals surface area contributed by atoms with Crippen LogP contribution in [0, 0.1) is 6.92 Å². The van der Waals surface area contributed by atoms with Gasteiger partial charge in [-0.1, -0.05) is 6.07 Å². The zero-order chi connectivity index (χ0) is 16.2. The van der Waals surface area contributed by atoms with Gasteiger partial charge in [0.05, 0.1) is 12.8 Å². The van der Waals surface area contributed by atoms with Crippen molar-refractivity contribution in [2.75, 3.05) is 13.7 Å². The number of pyridine rings is 1. The molecule has 2 heterocycles. The van der Waals surface area contributed by atoms with Crippen LogP contribution in [0.15, 0.2) is 48.8 Å². The van der Waals surface area contributed by atoms with Crippen LogP contribution in [0.4, 0.5) is 0 Å².